The molecular weight excluding hydrogens is 240 g/mol. The first kappa shape index (κ1) is 14.1. The molecule has 0 spiro atoms. The summed E-state index contributed by atoms with van der Waals surface area (Å²) in [6, 6.07) is 0. The Balaban J connectivity index is 3.10. The number of ether oxygens (including phenoxy) is 3. The molecule has 1 rings (SSSR count). The Morgan fingerprint density at radius 2 is 1.67 bits per heavy atom. The molecule has 100 valence electrons. The van der Waals surface area contributed by atoms with Crippen LogP contribution in [0.3, 0.4) is 0 Å². The summed E-state index contributed by atoms with van der Waals surface area (Å²) in [6.45, 7) is 5.78. The topological polar surface area (TPSA) is 75.0 Å². The number of carbonyl (C=O) groups excluding carboxylic acids is 2. The van der Waals surface area contributed by atoms with Crippen molar-refractivity contribution in [2.45, 2.75) is 20.8 Å². The monoisotopic (exact) mass is 256 g/mol. The maximum atomic E-state index is 11.8. The fourth-order valence-electron chi connectivity index (χ4n) is 1.33. The van der Waals surface area contributed by atoms with E-state index in [1.165, 1.54) is 0 Å². The van der Waals surface area contributed by atoms with Crippen LogP contribution in [-0.4, -0.2) is 31.8 Å². The number of furan rings is 1. The summed E-state index contributed by atoms with van der Waals surface area (Å²) in [6.07, 6.45) is 1.13. The van der Waals surface area contributed by atoms with E-state index in [1.807, 2.05) is 0 Å². The second-order valence-corrected chi connectivity index (χ2v) is 3.19. The van der Waals surface area contributed by atoms with Crippen LogP contribution in [0.1, 0.15) is 41.5 Å². The largest absolute Gasteiger partial charge is 0.465 e. The smallest absolute Gasteiger partial charge is 0.346 e. The van der Waals surface area contributed by atoms with E-state index in [0.717, 1.165) is 6.26 Å². The molecule has 0 saturated heterocycles. The number of rotatable bonds is 6. The maximum absolute atomic E-state index is 11.8. The predicted octanol–water partition coefficient (Wildman–Crippen LogP) is 2.03. The molecule has 0 N–H and O–H groups in total. The molecule has 6 heteroatoms. The van der Waals surface area contributed by atoms with Gasteiger partial charge in [0.05, 0.1) is 19.8 Å². The first-order valence-electron chi connectivity index (χ1n) is 5.74. The van der Waals surface area contributed by atoms with Crippen LogP contribution in [0, 0.1) is 0 Å². The van der Waals surface area contributed by atoms with Gasteiger partial charge in [0.25, 0.3) is 5.95 Å². The molecule has 0 aliphatic carbocycles. The molecule has 6 nitrogen and oxygen atoms in total. The van der Waals surface area contributed by atoms with Gasteiger partial charge in [0, 0.05) is 0 Å². The highest BCUT2D eigenvalue weighted by molar-refractivity contribution is 6.04. The Bertz CT molecular complexity index is 420. The summed E-state index contributed by atoms with van der Waals surface area (Å²) in [5, 5.41) is 0. The lowest BCUT2D eigenvalue weighted by Gasteiger charge is -2.05. The van der Waals surface area contributed by atoms with Gasteiger partial charge in [-0.2, -0.15) is 0 Å². The zero-order chi connectivity index (χ0) is 13.5. The predicted molar refractivity (Wildman–Crippen MR) is 61.8 cm³/mol. The zero-order valence-electron chi connectivity index (χ0n) is 10.6. The van der Waals surface area contributed by atoms with Gasteiger partial charge in [-0.3, -0.25) is 0 Å². The summed E-state index contributed by atoms with van der Waals surface area (Å²) in [5.41, 5.74) is -0.0177. The third kappa shape index (κ3) is 3.03. The van der Waals surface area contributed by atoms with E-state index in [4.69, 9.17) is 18.6 Å². The van der Waals surface area contributed by atoms with E-state index in [9.17, 15) is 9.59 Å². The van der Waals surface area contributed by atoms with Crippen molar-refractivity contribution in [3.05, 3.63) is 17.4 Å². The first-order valence-corrected chi connectivity index (χ1v) is 5.74. The number of hydrogen-bond donors (Lipinski definition) is 0. The van der Waals surface area contributed by atoms with Gasteiger partial charge in [-0.15, -0.1) is 0 Å². The molecule has 0 aliphatic rings. The molecular formula is C12H16O6. The van der Waals surface area contributed by atoms with Crippen LogP contribution in [0.25, 0.3) is 0 Å². The highest BCUT2D eigenvalue weighted by Gasteiger charge is 2.28. The molecule has 0 radical (unpaired) electrons. The Labute approximate surface area is 105 Å². The third-order valence-electron chi connectivity index (χ3n) is 2.01. The molecule has 0 unspecified atom stereocenters. The van der Waals surface area contributed by atoms with Gasteiger partial charge in [-0.05, 0) is 20.8 Å². The number of carbonyl (C=O) groups is 2. The fraction of sp³-hybridized carbons (Fsp3) is 0.500. The van der Waals surface area contributed by atoms with Crippen molar-refractivity contribution in [3.8, 4) is 5.95 Å². The lowest BCUT2D eigenvalue weighted by atomic mass is 10.2. The van der Waals surface area contributed by atoms with Crippen molar-refractivity contribution < 1.29 is 28.2 Å². The van der Waals surface area contributed by atoms with Gasteiger partial charge >= 0.3 is 11.9 Å². The Kier molecular flexibility index (Phi) is 5.23. The van der Waals surface area contributed by atoms with Crippen LogP contribution in [0.15, 0.2) is 10.7 Å². The molecule has 0 bridgehead atoms. The van der Waals surface area contributed by atoms with E-state index in [0.29, 0.717) is 6.61 Å². The first-order chi connectivity index (χ1) is 8.65. The summed E-state index contributed by atoms with van der Waals surface area (Å²) >= 11 is 0. The summed E-state index contributed by atoms with van der Waals surface area (Å²) in [7, 11) is 0. The SMILES string of the molecule is CCOC(=O)c1coc(OCC)c1C(=O)OCC. The summed E-state index contributed by atoms with van der Waals surface area (Å²) < 4.78 is 19.9. The van der Waals surface area contributed by atoms with E-state index in [1.54, 1.807) is 20.8 Å². The second-order valence-electron chi connectivity index (χ2n) is 3.19. The van der Waals surface area contributed by atoms with Crippen molar-refractivity contribution >= 4 is 11.9 Å². The molecule has 1 aromatic rings. The van der Waals surface area contributed by atoms with Gasteiger partial charge in [0.15, 0.2) is 5.56 Å². The second kappa shape index (κ2) is 6.68. The standard InChI is InChI=1S/C12H16O6/c1-4-15-10(13)8-7-18-12(17-6-3)9(8)11(14)16-5-2/h7H,4-6H2,1-3H3. The van der Waals surface area contributed by atoms with Crippen LogP contribution in [0.5, 0.6) is 5.95 Å². The Hall–Kier alpha value is -1.98. The molecule has 0 atom stereocenters. The van der Waals surface area contributed by atoms with Crippen LogP contribution in [0.2, 0.25) is 0 Å². The highest BCUT2D eigenvalue weighted by atomic mass is 16.6. The van der Waals surface area contributed by atoms with Crippen LogP contribution in [0.4, 0.5) is 0 Å². The lowest BCUT2D eigenvalue weighted by Crippen LogP contribution is -2.13. The Morgan fingerprint density at radius 3 is 2.22 bits per heavy atom. The minimum absolute atomic E-state index is 0.0127. The molecule has 18 heavy (non-hydrogen) atoms. The molecule has 0 saturated carbocycles. The van der Waals surface area contributed by atoms with Gasteiger partial charge in [-0.25, -0.2) is 9.59 Å². The van der Waals surface area contributed by atoms with Gasteiger partial charge in [0.1, 0.15) is 11.8 Å². The van der Waals surface area contributed by atoms with Crippen molar-refractivity contribution in [1.29, 1.82) is 0 Å². The molecule has 1 heterocycles. The number of hydrogen-bond acceptors (Lipinski definition) is 6. The zero-order valence-corrected chi connectivity index (χ0v) is 10.6. The molecule has 0 aromatic carbocycles. The van der Waals surface area contributed by atoms with E-state index < -0.39 is 11.9 Å². The van der Waals surface area contributed by atoms with E-state index >= 15 is 0 Å². The van der Waals surface area contributed by atoms with Crippen molar-refractivity contribution in [2.75, 3.05) is 19.8 Å². The number of esters is 2. The quantitative estimate of drug-likeness (QED) is 0.725. The van der Waals surface area contributed by atoms with E-state index in [2.05, 4.69) is 0 Å². The highest BCUT2D eigenvalue weighted by Crippen LogP contribution is 2.26. The Morgan fingerprint density at radius 1 is 1.06 bits per heavy atom. The van der Waals surface area contributed by atoms with Gasteiger partial charge in [-0.1, -0.05) is 0 Å². The van der Waals surface area contributed by atoms with Crippen LogP contribution < -0.4 is 4.74 Å². The van der Waals surface area contributed by atoms with Gasteiger partial charge in [0.2, 0.25) is 0 Å². The minimum Gasteiger partial charge on any atom is -0.465 e. The minimum atomic E-state index is -0.669. The summed E-state index contributed by atoms with van der Waals surface area (Å²) in [4.78, 5) is 23.4. The lowest BCUT2D eigenvalue weighted by molar-refractivity contribution is 0.0476. The molecule has 0 amide bonds. The third-order valence-corrected chi connectivity index (χ3v) is 2.01. The maximum Gasteiger partial charge on any atom is 0.346 e. The molecule has 0 aliphatic heterocycles. The van der Waals surface area contributed by atoms with Gasteiger partial charge < -0.3 is 18.6 Å². The fourth-order valence-corrected chi connectivity index (χ4v) is 1.33. The average molecular weight is 256 g/mol. The molecule has 0 fully saturated rings. The van der Waals surface area contributed by atoms with Crippen molar-refractivity contribution in [2.24, 2.45) is 0 Å². The molecule has 1 aromatic heterocycles. The normalized spacial score (nSPS) is 9.94. The van der Waals surface area contributed by atoms with Crippen molar-refractivity contribution in [1.82, 2.24) is 0 Å². The van der Waals surface area contributed by atoms with Crippen molar-refractivity contribution in [3.63, 3.8) is 0 Å². The van der Waals surface area contributed by atoms with Crippen LogP contribution in [-0.2, 0) is 9.47 Å². The summed E-state index contributed by atoms with van der Waals surface area (Å²) in [5.74, 6) is -1.34. The van der Waals surface area contributed by atoms with Crippen LogP contribution >= 0.6 is 0 Å². The van der Waals surface area contributed by atoms with E-state index in [-0.39, 0.29) is 30.3 Å². The average Bonchev–Trinajstić information content (AvgIpc) is 2.74.